The van der Waals surface area contributed by atoms with Crippen molar-refractivity contribution in [3.63, 3.8) is 0 Å². The Hall–Kier alpha value is -3.19. The molecule has 7 heteroatoms. The van der Waals surface area contributed by atoms with Gasteiger partial charge in [-0.2, -0.15) is 0 Å². The van der Waals surface area contributed by atoms with Crippen LogP contribution in [0.3, 0.4) is 0 Å². The molecule has 0 fully saturated rings. The normalized spacial score (nSPS) is 11.1. The Morgan fingerprint density at radius 2 is 1.61 bits per heavy atom. The first kappa shape index (κ1) is 19.6. The van der Waals surface area contributed by atoms with Crippen molar-refractivity contribution in [2.45, 2.75) is 25.7 Å². The molecule has 0 radical (unpaired) electrons. The second-order valence-corrected chi connectivity index (χ2v) is 8.24. The summed E-state index contributed by atoms with van der Waals surface area (Å²) in [5.41, 5.74) is 3.72. The summed E-state index contributed by atoms with van der Waals surface area (Å²) in [5, 5.41) is 2.83. The van der Waals surface area contributed by atoms with Crippen LogP contribution in [-0.4, -0.2) is 19.3 Å². The van der Waals surface area contributed by atoms with Crippen LogP contribution in [0.5, 0.6) is 0 Å². The molecule has 2 N–H and O–H groups in total. The van der Waals surface area contributed by atoms with E-state index in [1.165, 1.54) is 18.2 Å². The van der Waals surface area contributed by atoms with Gasteiger partial charge in [-0.1, -0.05) is 24.3 Å². The fourth-order valence-corrected chi connectivity index (χ4v) is 3.68. The van der Waals surface area contributed by atoms with E-state index in [0.717, 1.165) is 11.1 Å². The molecule has 1 heterocycles. The summed E-state index contributed by atoms with van der Waals surface area (Å²) >= 11 is 0. The van der Waals surface area contributed by atoms with E-state index in [2.05, 4.69) is 15.0 Å². The van der Waals surface area contributed by atoms with Crippen LogP contribution in [0, 0.1) is 20.8 Å². The second-order valence-electron chi connectivity index (χ2n) is 6.55. The minimum absolute atomic E-state index is 0.0917. The fourth-order valence-electron chi connectivity index (χ4n) is 2.67. The lowest BCUT2D eigenvalue weighted by molar-refractivity contribution is 0.102. The van der Waals surface area contributed by atoms with Gasteiger partial charge in [0.05, 0.1) is 4.90 Å². The van der Waals surface area contributed by atoms with Gasteiger partial charge in [0.15, 0.2) is 0 Å². The van der Waals surface area contributed by atoms with Gasteiger partial charge in [-0.05, 0) is 68.3 Å². The molecule has 1 aromatic heterocycles. The molecule has 6 nitrogen and oxygen atoms in total. The van der Waals surface area contributed by atoms with Crippen molar-refractivity contribution in [3.8, 4) is 0 Å². The van der Waals surface area contributed by atoms with E-state index in [0.29, 0.717) is 16.9 Å². The highest BCUT2D eigenvalue weighted by atomic mass is 32.2. The van der Waals surface area contributed by atoms with E-state index < -0.39 is 10.0 Å². The monoisotopic (exact) mass is 395 g/mol. The lowest BCUT2D eigenvalue weighted by Gasteiger charge is -2.11. The molecule has 1 amide bonds. The van der Waals surface area contributed by atoms with Crippen LogP contribution >= 0.6 is 0 Å². The number of benzene rings is 2. The highest BCUT2D eigenvalue weighted by Gasteiger charge is 2.16. The average molecular weight is 395 g/mol. The second kappa shape index (κ2) is 7.82. The first-order valence-electron chi connectivity index (χ1n) is 8.70. The summed E-state index contributed by atoms with van der Waals surface area (Å²) in [5.74, 6) is -0.247. The molecule has 3 rings (SSSR count). The van der Waals surface area contributed by atoms with Crippen LogP contribution < -0.4 is 10.0 Å². The summed E-state index contributed by atoms with van der Waals surface area (Å²) in [6.45, 7) is 5.67. The summed E-state index contributed by atoms with van der Waals surface area (Å²) in [6, 6.07) is 16.7. The van der Waals surface area contributed by atoms with Crippen LogP contribution in [0.15, 0.2) is 65.6 Å². The van der Waals surface area contributed by atoms with Crippen LogP contribution in [0.2, 0.25) is 0 Å². The predicted molar refractivity (Wildman–Crippen MR) is 110 cm³/mol. The SMILES string of the molecule is Cc1cc(C(=O)Nc2ccc(C)c(C)c2)cc(NS(=O)(=O)c2ccccc2)n1. The van der Waals surface area contributed by atoms with E-state index in [1.54, 1.807) is 31.2 Å². The molecule has 2 aromatic carbocycles. The van der Waals surface area contributed by atoms with Gasteiger partial charge in [0, 0.05) is 16.9 Å². The number of pyridine rings is 1. The Morgan fingerprint density at radius 3 is 2.29 bits per heavy atom. The van der Waals surface area contributed by atoms with Crippen molar-refractivity contribution in [2.75, 3.05) is 10.0 Å². The Morgan fingerprint density at radius 1 is 0.893 bits per heavy atom. The van der Waals surface area contributed by atoms with Crippen molar-refractivity contribution in [1.29, 1.82) is 0 Å². The van der Waals surface area contributed by atoms with Crippen molar-refractivity contribution in [2.24, 2.45) is 0 Å². The molecular weight excluding hydrogens is 374 g/mol. The Bertz CT molecular complexity index is 1130. The Balaban J connectivity index is 1.84. The van der Waals surface area contributed by atoms with Gasteiger partial charge in [0.1, 0.15) is 5.82 Å². The molecule has 0 atom stereocenters. The number of aromatic nitrogens is 1. The lowest BCUT2D eigenvalue weighted by atomic mass is 10.1. The number of sulfonamides is 1. The minimum atomic E-state index is -3.79. The lowest BCUT2D eigenvalue weighted by Crippen LogP contribution is -2.17. The summed E-state index contributed by atoms with van der Waals surface area (Å²) in [6.07, 6.45) is 0. The maximum atomic E-state index is 12.6. The number of nitrogens with zero attached hydrogens (tertiary/aromatic N) is 1. The van der Waals surface area contributed by atoms with Gasteiger partial charge in [-0.3, -0.25) is 9.52 Å². The van der Waals surface area contributed by atoms with Crippen molar-refractivity contribution in [3.05, 3.63) is 83.0 Å². The van der Waals surface area contributed by atoms with Crippen molar-refractivity contribution < 1.29 is 13.2 Å². The van der Waals surface area contributed by atoms with Crippen LogP contribution in [-0.2, 0) is 10.0 Å². The number of carbonyl (C=O) groups is 1. The first-order chi connectivity index (χ1) is 13.2. The van der Waals surface area contributed by atoms with E-state index in [9.17, 15) is 13.2 Å². The Kier molecular flexibility index (Phi) is 5.46. The van der Waals surface area contributed by atoms with Crippen molar-refractivity contribution in [1.82, 2.24) is 4.98 Å². The quantitative estimate of drug-likeness (QED) is 0.682. The number of hydrogen-bond acceptors (Lipinski definition) is 4. The van der Waals surface area contributed by atoms with E-state index in [4.69, 9.17) is 0 Å². The van der Waals surface area contributed by atoms with Crippen molar-refractivity contribution >= 4 is 27.4 Å². The minimum Gasteiger partial charge on any atom is -0.322 e. The van der Waals surface area contributed by atoms with E-state index >= 15 is 0 Å². The van der Waals surface area contributed by atoms with Gasteiger partial charge in [-0.15, -0.1) is 0 Å². The molecule has 0 aliphatic rings. The highest BCUT2D eigenvalue weighted by molar-refractivity contribution is 7.92. The molecule has 0 spiro atoms. The zero-order valence-corrected chi connectivity index (χ0v) is 16.7. The molecule has 0 unspecified atom stereocenters. The van der Waals surface area contributed by atoms with Gasteiger partial charge < -0.3 is 5.32 Å². The molecule has 144 valence electrons. The van der Waals surface area contributed by atoms with Crippen LogP contribution in [0.1, 0.15) is 27.2 Å². The molecule has 0 saturated heterocycles. The summed E-state index contributed by atoms with van der Waals surface area (Å²) in [7, 11) is -3.79. The maximum Gasteiger partial charge on any atom is 0.263 e. The number of hydrogen-bond donors (Lipinski definition) is 2. The molecular formula is C21H21N3O3S. The number of rotatable bonds is 5. The number of anilines is 2. The van der Waals surface area contributed by atoms with Gasteiger partial charge in [-0.25, -0.2) is 13.4 Å². The van der Waals surface area contributed by atoms with E-state index in [1.807, 2.05) is 32.0 Å². The zero-order valence-electron chi connectivity index (χ0n) is 15.9. The third-order valence-corrected chi connectivity index (χ3v) is 5.64. The predicted octanol–water partition coefficient (Wildman–Crippen LogP) is 4.06. The standard InChI is InChI=1S/C21H21N3O3S/c1-14-9-10-18(11-15(14)2)23-21(25)17-12-16(3)22-20(13-17)24-28(26,27)19-7-5-4-6-8-19/h4-13H,1-3H3,(H,22,24)(H,23,25). The van der Waals surface area contributed by atoms with Crippen LogP contribution in [0.25, 0.3) is 0 Å². The largest absolute Gasteiger partial charge is 0.322 e. The summed E-state index contributed by atoms with van der Waals surface area (Å²) < 4.78 is 27.4. The third kappa shape index (κ3) is 4.55. The number of amides is 1. The van der Waals surface area contributed by atoms with Gasteiger partial charge in [0.25, 0.3) is 15.9 Å². The number of nitrogens with one attached hydrogen (secondary N) is 2. The van der Waals surface area contributed by atoms with E-state index in [-0.39, 0.29) is 16.6 Å². The molecule has 0 aliphatic heterocycles. The Labute approximate surface area is 164 Å². The number of carbonyl (C=O) groups excluding carboxylic acids is 1. The van der Waals surface area contributed by atoms with Crippen LogP contribution in [0.4, 0.5) is 11.5 Å². The molecule has 0 bridgehead atoms. The maximum absolute atomic E-state index is 12.6. The van der Waals surface area contributed by atoms with Gasteiger partial charge in [0.2, 0.25) is 0 Å². The zero-order chi connectivity index (χ0) is 20.3. The third-order valence-electron chi connectivity index (χ3n) is 4.27. The number of aryl methyl sites for hydroxylation is 3. The molecule has 3 aromatic rings. The first-order valence-corrected chi connectivity index (χ1v) is 10.2. The summed E-state index contributed by atoms with van der Waals surface area (Å²) in [4.78, 5) is 16.9. The smallest absolute Gasteiger partial charge is 0.263 e. The average Bonchev–Trinajstić information content (AvgIpc) is 2.64. The molecule has 28 heavy (non-hydrogen) atoms. The topological polar surface area (TPSA) is 88.2 Å². The molecule has 0 aliphatic carbocycles. The fraction of sp³-hybridized carbons (Fsp3) is 0.143. The highest BCUT2D eigenvalue weighted by Crippen LogP contribution is 2.19. The van der Waals surface area contributed by atoms with Gasteiger partial charge >= 0.3 is 0 Å². The molecule has 0 saturated carbocycles.